The fraction of sp³-hybridized carbons (Fsp3) is 0.833. The minimum Gasteiger partial charge on any atom is -0.550 e. The Balaban J connectivity index is -0.000000688. The van der Waals surface area contributed by atoms with Crippen LogP contribution in [0.3, 0.4) is 0 Å². The molecule has 0 aliphatic carbocycles. The van der Waals surface area contributed by atoms with E-state index in [1.54, 1.807) is 0 Å². The molecule has 0 fully saturated rings. The second kappa shape index (κ2) is 41.4. The van der Waals surface area contributed by atoms with Crippen LogP contribution in [-0.2, 0) is 35.8 Å². The van der Waals surface area contributed by atoms with Crippen LogP contribution in [0.15, 0.2) is 24.3 Å². The van der Waals surface area contributed by atoms with E-state index in [1.165, 1.54) is 128 Å². The summed E-state index contributed by atoms with van der Waals surface area (Å²) in [5, 5.41) is 20.4. The number of carbonyl (C=O) groups is 2. The van der Waals surface area contributed by atoms with Crippen molar-refractivity contribution in [3.05, 3.63) is 24.3 Å². The second-order valence-electron chi connectivity index (χ2n) is 11.4. The monoisotopic (exact) mass is 652 g/mol. The van der Waals surface area contributed by atoms with Crippen LogP contribution in [0.25, 0.3) is 0 Å². The first-order valence-corrected chi connectivity index (χ1v) is 17.2. The van der Waals surface area contributed by atoms with Gasteiger partial charge in [0.05, 0.1) is 0 Å². The third-order valence-corrected chi connectivity index (χ3v) is 7.29. The Hall–Kier alpha value is -0.697. The number of rotatable bonds is 30. The fourth-order valence-corrected chi connectivity index (χ4v) is 4.68. The number of carbonyl (C=O) groups excluding carboxylic acids is 2. The van der Waals surface area contributed by atoms with Crippen LogP contribution in [-0.4, -0.2) is 11.9 Å². The Bertz CT molecular complexity index is 524. The molecule has 5 heteroatoms. The van der Waals surface area contributed by atoms with E-state index in [4.69, 9.17) is 0 Å². The maximum atomic E-state index is 10.2. The van der Waals surface area contributed by atoms with E-state index in [-0.39, 0.29) is 39.0 Å². The first-order valence-electron chi connectivity index (χ1n) is 17.2. The Morgan fingerprint density at radius 1 is 0.390 bits per heavy atom. The molecule has 0 aliphatic rings. The van der Waals surface area contributed by atoms with E-state index in [1.807, 2.05) is 0 Å². The average molecular weight is 654 g/mol. The third kappa shape index (κ3) is 49.3. The van der Waals surface area contributed by atoms with Crippen molar-refractivity contribution >= 4 is 11.9 Å². The summed E-state index contributed by atoms with van der Waals surface area (Å²) >= 11 is 0. The average Bonchev–Trinajstić information content (AvgIpc) is 2.93. The van der Waals surface area contributed by atoms with Crippen molar-refractivity contribution in [3.8, 4) is 0 Å². The number of unbranched alkanes of at least 4 members (excludes halogenated alkanes) is 22. The first kappa shape index (κ1) is 44.7. The number of carboxylic acid groups (broad SMARTS) is 2. The molecule has 0 aromatic rings. The van der Waals surface area contributed by atoms with Gasteiger partial charge in [-0.3, -0.25) is 0 Å². The molecule has 0 radical (unpaired) electrons. The second-order valence-corrected chi connectivity index (χ2v) is 11.4. The molecule has 0 amide bonds. The van der Waals surface area contributed by atoms with Crippen LogP contribution in [0.1, 0.15) is 194 Å². The molecule has 0 spiro atoms. The van der Waals surface area contributed by atoms with E-state index in [9.17, 15) is 19.8 Å². The standard InChI is InChI=1S/2C18H34O2.Zr/c2*1-2-3-4-5-6-7-8-9-10-11-12-13-14-15-16-17-18(19)20;/h2*9-10H,2-8,11-17H2,1H3,(H,19,20);/q;;+2/p-2. The largest absolute Gasteiger partial charge is 2.00 e. The van der Waals surface area contributed by atoms with Crippen molar-refractivity contribution in [1.82, 2.24) is 0 Å². The predicted octanol–water partition coefficient (Wildman–Crippen LogP) is 9.55. The Morgan fingerprint density at radius 3 is 0.854 bits per heavy atom. The van der Waals surface area contributed by atoms with Gasteiger partial charge in [-0.1, -0.05) is 141 Å². The molecule has 4 nitrogen and oxygen atoms in total. The summed E-state index contributed by atoms with van der Waals surface area (Å²) in [6.07, 6.45) is 41.8. The number of hydrogen-bond acceptors (Lipinski definition) is 4. The van der Waals surface area contributed by atoms with Crippen molar-refractivity contribution in [3.63, 3.8) is 0 Å². The smallest absolute Gasteiger partial charge is 0.550 e. The summed E-state index contributed by atoms with van der Waals surface area (Å²) < 4.78 is 0. The minimum atomic E-state index is -0.914. The zero-order valence-electron chi connectivity index (χ0n) is 27.2. The number of allylic oxidation sites excluding steroid dienone is 4. The SMILES string of the molecule is CCCCCCCCC=CCCCCCCCC(=O)[O-].CCCCCCCCC=CCCCCCCCC(=O)[O-].[Zr+2]. The van der Waals surface area contributed by atoms with E-state index in [2.05, 4.69) is 38.2 Å². The molecule has 0 saturated heterocycles. The molecule has 41 heavy (non-hydrogen) atoms. The van der Waals surface area contributed by atoms with Crippen molar-refractivity contribution in [1.29, 1.82) is 0 Å². The van der Waals surface area contributed by atoms with E-state index in [0.29, 0.717) is 0 Å². The normalized spacial score (nSPS) is 11.0. The molecular weight excluding hydrogens is 588 g/mol. The van der Waals surface area contributed by atoms with Crippen LogP contribution < -0.4 is 10.2 Å². The molecule has 0 aromatic carbocycles. The zero-order chi connectivity index (χ0) is 29.8. The van der Waals surface area contributed by atoms with Crippen molar-refractivity contribution < 1.29 is 46.0 Å². The molecule has 0 rings (SSSR count). The van der Waals surface area contributed by atoms with Crippen LogP contribution in [0.5, 0.6) is 0 Å². The van der Waals surface area contributed by atoms with Crippen LogP contribution in [0.4, 0.5) is 0 Å². The molecule has 0 atom stereocenters. The van der Waals surface area contributed by atoms with Gasteiger partial charge in [-0.15, -0.1) is 0 Å². The summed E-state index contributed by atoms with van der Waals surface area (Å²) in [5.74, 6) is -1.83. The Kier molecular flexibility index (Phi) is 45.2. The molecule has 0 aliphatic heterocycles. The van der Waals surface area contributed by atoms with E-state index in [0.717, 1.165) is 38.5 Å². The maximum absolute atomic E-state index is 10.2. The predicted molar refractivity (Wildman–Crippen MR) is 169 cm³/mol. The summed E-state index contributed by atoms with van der Waals surface area (Å²) in [4.78, 5) is 20.4. The van der Waals surface area contributed by atoms with Gasteiger partial charge in [0.25, 0.3) is 0 Å². The van der Waals surface area contributed by atoms with Gasteiger partial charge in [-0.05, 0) is 77.0 Å². The van der Waals surface area contributed by atoms with Crippen LogP contribution in [0, 0.1) is 0 Å². The van der Waals surface area contributed by atoms with Gasteiger partial charge in [0.15, 0.2) is 0 Å². The van der Waals surface area contributed by atoms with Gasteiger partial charge >= 0.3 is 26.2 Å². The van der Waals surface area contributed by atoms with E-state index >= 15 is 0 Å². The van der Waals surface area contributed by atoms with E-state index < -0.39 is 11.9 Å². The number of hydrogen-bond donors (Lipinski definition) is 0. The van der Waals surface area contributed by atoms with Crippen molar-refractivity contribution in [2.45, 2.75) is 194 Å². The zero-order valence-corrected chi connectivity index (χ0v) is 29.7. The minimum absolute atomic E-state index is 0. The van der Waals surface area contributed by atoms with Crippen LogP contribution >= 0.6 is 0 Å². The molecule has 0 heterocycles. The van der Waals surface area contributed by atoms with Crippen molar-refractivity contribution in [2.24, 2.45) is 0 Å². The van der Waals surface area contributed by atoms with Gasteiger partial charge in [-0.2, -0.15) is 0 Å². The molecule has 0 aromatic heterocycles. The van der Waals surface area contributed by atoms with Gasteiger partial charge in [0.2, 0.25) is 0 Å². The molecule has 238 valence electrons. The molecule has 0 saturated carbocycles. The third-order valence-electron chi connectivity index (χ3n) is 7.29. The molecule has 0 bridgehead atoms. The first-order chi connectivity index (χ1) is 19.5. The summed E-state index contributed by atoms with van der Waals surface area (Å²) in [6, 6.07) is 0. The van der Waals surface area contributed by atoms with Gasteiger partial charge in [-0.25, -0.2) is 0 Å². The summed E-state index contributed by atoms with van der Waals surface area (Å²) in [5.41, 5.74) is 0. The summed E-state index contributed by atoms with van der Waals surface area (Å²) in [6.45, 7) is 4.51. The molecule has 0 N–H and O–H groups in total. The maximum Gasteiger partial charge on any atom is 2.00 e. The Labute approximate surface area is 274 Å². The molecule has 0 unspecified atom stereocenters. The van der Waals surface area contributed by atoms with Gasteiger partial charge in [0.1, 0.15) is 0 Å². The van der Waals surface area contributed by atoms with Gasteiger partial charge < -0.3 is 19.8 Å². The number of aliphatic carboxylic acids is 2. The Morgan fingerprint density at radius 2 is 0.610 bits per heavy atom. The van der Waals surface area contributed by atoms with Gasteiger partial charge in [0, 0.05) is 11.9 Å². The topological polar surface area (TPSA) is 80.3 Å². The van der Waals surface area contributed by atoms with Crippen LogP contribution in [0.2, 0.25) is 0 Å². The fourth-order valence-electron chi connectivity index (χ4n) is 4.68. The summed E-state index contributed by atoms with van der Waals surface area (Å²) in [7, 11) is 0. The number of carboxylic acids is 2. The quantitative estimate of drug-likeness (QED) is 0.0571. The van der Waals surface area contributed by atoms with Crippen molar-refractivity contribution in [2.75, 3.05) is 0 Å². The molecular formula is C36H66O4Zr.